The van der Waals surface area contributed by atoms with E-state index in [0.717, 1.165) is 0 Å². The number of nitrogens with one attached hydrogen (secondary N) is 1. The fourth-order valence-electron chi connectivity index (χ4n) is 2.34. The third-order valence-corrected chi connectivity index (χ3v) is 3.91. The van der Waals surface area contributed by atoms with Gasteiger partial charge in [-0.05, 0) is 31.2 Å². The van der Waals surface area contributed by atoms with Crippen molar-refractivity contribution >= 4 is 29.3 Å². The molecule has 2 aromatic heterocycles. The lowest BCUT2D eigenvalue weighted by Crippen LogP contribution is -2.16. The van der Waals surface area contributed by atoms with Crippen LogP contribution in [0.2, 0.25) is 5.02 Å². The number of aromatic carboxylic acids is 1. The highest BCUT2D eigenvalue weighted by molar-refractivity contribution is 6.34. The monoisotopic (exact) mass is 356 g/mol. The Balaban J connectivity index is 2.07. The maximum absolute atomic E-state index is 12.6. The summed E-state index contributed by atoms with van der Waals surface area (Å²) in [5.74, 6) is -1.38. The number of carboxylic acids is 1. The SMILES string of the molecule is Cc1c(C(=O)O)nn(-c2ccncc2)c1NC(=O)c1ccccc1Cl. The molecular formula is C17H13ClN4O3. The molecule has 0 radical (unpaired) electrons. The number of pyridine rings is 1. The first-order valence-corrected chi connectivity index (χ1v) is 7.66. The van der Waals surface area contributed by atoms with E-state index in [1.165, 1.54) is 4.68 Å². The van der Waals surface area contributed by atoms with Gasteiger partial charge in [-0.15, -0.1) is 0 Å². The van der Waals surface area contributed by atoms with Crippen molar-refractivity contribution in [2.45, 2.75) is 6.92 Å². The highest BCUT2D eigenvalue weighted by Gasteiger charge is 2.22. The highest BCUT2D eigenvalue weighted by atomic mass is 35.5. The molecule has 0 aliphatic rings. The molecule has 1 amide bonds. The molecular weight excluding hydrogens is 344 g/mol. The van der Waals surface area contributed by atoms with Crippen molar-refractivity contribution in [2.75, 3.05) is 5.32 Å². The van der Waals surface area contributed by atoms with Crippen LogP contribution in [0.1, 0.15) is 26.4 Å². The van der Waals surface area contributed by atoms with Gasteiger partial charge in [0.05, 0.1) is 16.3 Å². The predicted molar refractivity (Wildman–Crippen MR) is 92.5 cm³/mol. The topological polar surface area (TPSA) is 97.1 Å². The van der Waals surface area contributed by atoms with Crippen LogP contribution in [0.15, 0.2) is 48.8 Å². The average molecular weight is 357 g/mol. The molecule has 1 aromatic carbocycles. The normalized spacial score (nSPS) is 10.5. The quantitative estimate of drug-likeness (QED) is 0.748. The first kappa shape index (κ1) is 16.7. The number of rotatable bonds is 4. The molecule has 2 N–H and O–H groups in total. The third-order valence-electron chi connectivity index (χ3n) is 3.58. The van der Waals surface area contributed by atoms with Crippen molar-refractivity contribution in [3.8, 4) is 5.69 Å². The number of anilines is 1. The molecule has 0 bridgehead atoms. The van der Waals surface area contributed by atoms with Crippen LogP contribution in [-0.2, 0) is 0 Å². The molecule has 3 rings (SSSR count). The van der Waals surface area contributed by atoms with Gasteiger partial charge in [-0.2, -0.15) is 5.10 Å². The number of carboxylic acid groups (broad SMARTS) is 1. The molecule has 0 unspecified atom stereocenters. The maximum atomic E-state index is 12.6. The van der Waals surface area contributed by atoms with E-state index in [0.29, 0.717) is 16.3 Å². The van der Waals surface area contributed by atoms with E-state index in [-0.39, 0.29) is 17.1 Å². The molecule has 0 aliphatic heterocycles. The van der Waals surface area contributed by atoms with Crippen molar-refractivity contribution in [1.82, 2.24) is 14.8 Å². The molecule has 0 spiro atoms. The molecule has 0 fully saturated rings. The number of carbonyl (C=O) groups is 2. The van der Waals surface area contributed by atoms with Crippen molar-refractivity contribution in [2.24, 2.45) is 0 Å². The second kappa shape index (κ2) is 6.74. The maximum Gasteiger partial charge on any atom is 0.356 e. The lowest BCUT2D eigenvalue weighted by Gasteiger charge is -2.10. The molecule has 0 saturated carbocycles. The molecule has 0 aliphatic carbocycles. The summed E-state index contributed by atoms with van der Waals surface area (Å²) in [4.78, 5) is 27.9. The Morgan fingerprint density at radius 3 is 2.48 bits per heavy atom. The Morgan fingerprint density at radius 2 is 1.84 bits per heavy atom. The number of halogens is 1. The van der Waals surface area contributed by atoms with E-state index in [1.807, 2.05) is 0 Å². The number of benzene rings is 1. The summed E-state index contributed by atoms with van der Waals surface area (Å²) in [5.41, 5.74) is 1.04. The average Bonchev–Trinajstić information content (AvgIpc) is 2.93. The Morgan fingerprint density at radius 1 is 1.16 bits per heavy atom. The second-order valence-electron chi connectivity index (χ2n) is 5.18. The standard InChI is InChI=1S/C17H13ClN4O3/c1-10-14(17(24)25)21-22(11-6-8-19-9-7-11)15(10)20-16(23)12-4-2-3-5-13(12)18/h2-9H,1H3,(H,20,23)(H,24,25). The van der Waals surface area contributed by atoms with E-state index in [9.17, 15) is 14.7 Å². The summed E-state index contributed by atoms with van der Waals surface area (Å²) in [5, 5.41) is 16.4. The lowest BCUT2D eigenvalue weighted by molar-refractivity contribution is 0.0689. The van der Waals surface area contributed by atoms with Crippen LogP contribution in [0.5, 0.6) is 0 Å². The fourth-order valence-corrected chi connectivity index (χ4v) is 2.56. The summed E-state index contributed by atoms with van der Waals surface area (Å²) in [6, 6.07) is 9.90. The Kier molecular flexibility index (Phi) is 4.49. The minimum Gasteiger partial charge on any atom is -0.476 e. The predicted octanol–water partition coefficient (Wildman–Crippen LogP) is 3.18. The van der Waals surface area contributed by atoms with Gasteiger partial charge in [-0.25, -0.2) is 9.48 Å². The summed E-state index contributed by atoms with van der Waals surface area (Å²) >= 11 is 6.05. The summed E-state index contributed by atoms with van der Waals surface area (Å²) in [6.45, 7) is 1.58. The molecule has 2 heterocycles. The zero-order chi connectivity index (χ0) is 18.0. The van der Waals surface area contributed by atoms with Crippen molar-refractivity contribution < 1.29 is 14.7 Å². The van der Waals surface area contributed by atoms with Gasteiger partial charge in [0.1, 0.15) is 5.82 Å². The van der Waals surface area contributed by atoms with Gasteiger partial charge in [0, 0.05) is 18.0 Å². The van der Waals surface area contributed by atoms with E-state index >= 15 is 0 Å². The molecule has 0 atom stereocenters. The van der Waals surface area contributed by atoms with E-state index < -0.39 is 11.9 Å². The Labute approximate surface area is 147 Å². The van der Waals surface area contributed by atoms with Crippen molar-refractivity contribution in [1.29, 1.82) is 0 Å². The van der Waals surface area contributed by atoms with Crippen molar-refractivity contribution in [3.05, 3.63) is 70.6 Å². The van der Waals surface area contributed by atoms with Gasteiger partial charge in [-0.3, -0.25) is 9.78 Å². The smallest absolute Gasteiger partial charge is 0.356 e. The molecule has 3 aromatic rings. The van der Waals surface area contributed by atoms with Crippen LogP contribution in [0, 0.1) is 6.92 Å². The molecule has 0 saturated heterocycles. The first-order valence-electron chi connectivity index (χ1n) is 7.28. The van der Waals surface area contributed by atoms with Gasteiger partial charge in [0.2, 0.25) is 0 Å². The molecule has 8 heteroatoms. The van der Waals surface area contributed by atoms with Crippen LogP contribution >= 0.6 is 11.6 Å². The number of nitrogens with zero attached hydrogens (tertiary/aromatic N) is 3. The Hall–Kier alpha value is -3.19. The molecule has 7 nitrogen and oxygen atoms in total. The summed E-state index contributed by atoms with van der Waals surface area (Å²) in [6.07, 6.45) is 3.10. The number of aromatic nitrogens is 3. The van der Waals surface area contributed by atoms with Crippen LogP contribution in [0.25, 0.3) is 5.69 Å². The zero-order valence-electron chi connectivity index (χ0n) is 13.1. The third kappa shape index (κ3) is 3.22. The summed E-state index contributed by atoms with van der Waals surface area (Å²) < 4.78 is 1.36. The second-order valence-corrected chi connectivity index (χ2v) is 5.59. The minimum absolute atomic E-state index is 0.147. The molecule has 126 valence electrons. The van der Waals surface area contributed by atoms with E-state index in [1.54, 1.807) is 55.7 Å². The molecule has 25 heavy (non-hydrogen) atoms. The van der Waals surface area contributed by atoms with Gasteiger partial charge < -0.3 is 10.4 Å². The van der Waals surface area contributed by atoms with Gasteiger partial charge >= 0.3 is 5.97 Å². The number of hydrogen-bond acceptors (Lipinski definition) is 4. The number of amides is 1. The number of carbonyl (C=O) groups excluding carboxylic acids is 1. The minimum atomic E-state index is -1.18. The van der Waals surface area contributed by atoms with Crippen LogP contribution in [-0.4, -0.2) is 31.7 Å². The largest absolute Gasteiger partial charge is 0.476 e. The lowest BCUT2D eigenvalue weighted by atomic mass is 10.2. The van der Waals surface area contributed by atoms with Gasteiger partial charge in [0.15, 0.2) is 5.69 Å². The number of hydrogen-bond donors (Lipinski definition) is 2. The van der Waals surface area contributed by atoms with Gasteiger partial charge in [-0.1, -0.05) is 23.7 Å². The van der Waals surface area contributed by atoms with E-state index in [2.05, 4.69) is 15.4 Å². The zero-order valence-corrected chi connectivity index (χ0v) is 13.9. The fraction of sp³-hybridized carbons (Fsp3) is 0.0588. The van der Waals surface area contributed by atoms with Gasteiger partial charge in [0.25, 0.3) is 5.91 Å². The van der Waals surface area contributed by atoms with Crippen molar-refractivity contribution in [3.63, 3.8) is 0 Å². The highest BCUT2D eigenvalue weighted by Crippen LogP contribution is 2.25. The Bertz CT molecular complexity index is 954. The first-order chi connectivity index (χ1) is 12.0. The summed E-state index contributed by atoms with van der Waals surface area (Å²) in [7, 11) is 0. The van der Waals surface area contributed by atoms with Crippen LogP contribution in [0.4, 0.5) is 5.82 Å². The van der Waals surface area contributed by atoms with Crippen LogP contribution in [0.3, 0.4) is 0 Å². The van der Waals surface area contributed by atoms with E-state index in [4.69, 9.17) is 11.6 Å². The van der Waals surface area contributed by atoms with Crippen LogP contribution < -0.4 is 5.32 Å².